The number of hydrogen-bond acceptors (Lipinski definition) is 8. The molecule has 0 aliphatic carbocycles. The summed E-state index contributed by atoms with van der Waals surface area (Å²) in [4.78, 5) is 26.2. The predicted octanol–water partition coefficient (Wildman–Crippen LogP) is 3.05. The lowest BCUT2D eigenvalue weighted by molar-refractivity contribution is -0.125. The number of nitrogens with one attached hydrogen (secondary N) is 2. The first-order valence-corrected chi connectivity index (χ1v) is 12.0. The first kappa shape index (κ1) is 21.9. The molecule has 8 nitrogen and oxygen atoms in total. The van der Waals surface area contributed by atoms with Crippen LogP contribution in [0.5, 0.6) is 5.75 Å². The molecule has 2 atom stereocenters. The molecule has 0 spiro atoms. The highest BCUT2D eigenvalue weighted by atomic mass is 32.2. The first-order valence-electron chi connectivity index (χ1n) is 11.2. The minimum absolute atomic E-state index is 0.0321. The van der Waals surface area contributed by atoms with Gasteiger partial charge in [-0.2, -0.15) is 0 Å². The zero-order chi connectivity index (χ0) is 22.9. The van der Waals surface area contributed by atoms with E-state index in [0.29, 0.717) is 18.9 Å². The lowest BCUT2D eigenvalue weighted by atomic mass is 10.0. The van der Waals surface area contributed by atoms with Crippen molar-refractivity contribution in [3.63, 3.8) is 0 Å². The Balaban J connectivity index is 1.45. The number of hydrogen-bond donors (Lipinski definition) is 3. The van der Waals surface area contributed by atoms with Crippen LogP contribution in [0.2, 0.25) is 0 Å². The van der Waals surface area contributed by atoms with Crippen molar-refractivity contribution in [3.05, 3.63) is 54.4 Å². The topological polar surface area (TPSA) is 93.6 Å². The zero-order valence-corrected chi connectivity index (χ0v) is 19.5. The Kier molecular flexibility index (Phi) is 6.09. The Morgan fingerprint density at radius 3 is 2.76 bits per heavy atom. The number of para-hydroxylation sites is 1. The second-order valence-corrected chi connectivity index (χ2v) is 10.0. The molecule has 3 heterocycles. The quantitative estimate of drug-likeness (QED) is 0.510. The number of piperazine rings is 1. The fourth-order valence-electron chi connectivity index (χ4n) is 4.32. The monoisotopic (exact) mass is 464 g/mol. The molecule has 1 saturated heterocycles. The molecular weight excluding hydrogens is 436 g/mol. The van der Waals surface area contributed by atoms with Gasteiger partial charge in [-0.05, 0) is 48.2 Å². The number of anilines is 1. The minimum Gasteiger partial charge on any atom is -0.508 e. The number of rotatable bonds is 3. The van der Waals surface area contributed by atoms with Gasteiger partial charge in [0.05, 0.1) is 18.2 Å². The number of phenols is 1. The third-order valence-corrected chi connectivity index (χ3v) is 7.10. The molecule has 1 aromatic heterocycles. The third-order valence-electron chi connectivity index (χ3n) is 6.05. The van der Waals surface area contributed by atoms with Crippen molar-refractivity contribution >= 4 is 34.6 Å². The SMILES string of the molecule is CC(C)[C@@H]1Nc2nc(nc3ccccc23)CN2CCN(Sc3cccc(O)c3)CC2NC1=O. The van der Waals surface area contributed by atoms with E-state index < -0.39 is 6.04 Å². The van der Waals surface area contributed by atoms with Crippen molar-refractivity contribution in [2.75, 3.05) is 25.0 Å². The normalized spacial score (nSPS) is 22.0. The summed E-state index contributed by atoms with van der Waals surface area (Å²) in [5, 5.41) is 17.4. The van der Waals surface area contributed by atoms with E-state index in [1.807, 2.05) is 50.2 Å². The average Bonchev–Trinajstić information content (AvgIpc) is 2.78. The van der Waals surface area contributed by atoms with Gasteiger partial charge in [-0.25, -0.2) is 14.3 Å². The van der Waals surface area contributed by atoms with E-state index in [2.05, 4.69) is 19.8 Å². The summed E-state index contributed by atoms with van der Waals surface area (Å²) in [5.74, 6) is 1.75. The van der Waals surface area contributed by atoms with Crippen molar-refractivity contribution in [2.45, 2.75) is 37.5 Å². The Labute approximate surface area is 197 Å². The Morgan fingerprint density at radius 1 is 1.09 bits per heavy atom. The second-order valence-electron chi connectivity index (χ2n) is 8.84. The van der Waals surface area contributed by atoms with Crippen LogP contribution in [0.4, 0.5) is 5.82 Å². The van der Waals surface area contributed by atoms with E-state index in [-0.39, 0.29) is 23.7 Å². The molecule has 2 aliphatic rings. The highest BCUT2D eigenvalue weighted by Gasteiger charge is 2.34. The Morgan fingerprint density at radius 2 is 1.94 bits per heavy atom. The average molecular weight is 465 g/mol. The molecule has 0 saturated carbocycles. The van der Waals surface area contributed by atoms with E-state index in [9.17, 15) is 9.90 Å². The fraction of sp³-hybridized carbons (Fsp3) is 0.375. The van der Waals surface area contributed by atoms with Crippen LogP contribution in [0.1, 0.15) is 19.7 Å². The molecule has 2 aromatic carbocycles. The second kappa shape index (κ2) is 9.17. The van der Waals surface area contributed by atoms with Crippen molar-refractivity contribution < 1.29 is 9.90 Å². The van der Waals surface area contributed by atoms with Crippen LogP contribution in [0.3, 0.4) is 0 Å². The predicted molar refractivity (Wildman–Crippen MR) is 130 cm³/mol. The fourth-order valence-corrected chi connectivity index (χ4v) is 5.32. The minimum atomic E-state index is -0.412. The molecule has 3 N–H and O–H groups in total. The molecule has 1 amide bonds. The van der Waals surface area contributed by atoms with Gasteiger partial charge in [-0.3, -0.25) is 9.69 Å². The van der Waals surface area contributed by atoms with Gasteiger partial charge in [-0.15, -0.1) is 0 Å². The summed E-state index contributed by atoms with van der Waals surface area (Å²) in [7, 11) is 0. The largest absolute Gasteiger partial charge is 0.508 e. The Bertz CT molecular complexity index is 1170. The number of carbonyl (C=O) groups is 1. The number of phenolic OH excluding ortho intramolecular Hbond substituents is 1. The number of carbonyl (C=O) groups excluding carboxylic acids is 1. The lowest BCUT2D eigenvalue weighted by Crippen LogP contribution is -2.61. The van der Waals surface area contributed by atoms with Gasteiger partial charge in [-0.1, -0.05) is 32.0 Å². The maximum absolute atomic E-state index is 13.4. The highest BCUT2D eigenvalue weighted by molar-refractivity contribution is 7.97. The number of nitrogens with zero attached hydrogens (tertiary/aromatic N) is 4. The summed E-state index contributed by atoms with van der Waals surface area (Å²) < 4.78 is 2.23. The number of amides is 1. The van der Waals surface area contributed by atoms with Gasteiger partial charge in [0.2, 0.25) is 5.91 Å². The molecule has 2 aliphatic heterocycles. The molecule has 33 heavy (non-hydrogen) atoms. The number of aromatic nitrogens is 2. The van der Waals surface area contributed by atoms with E-state index in [0.717, 1.165) is 34.7 Å². The van der Waals surface area contributed by atoms with Crippen LogP contribution in [-0.4, -0.2) is 62.0 Å². The summed E-state index contributed by atoms with van der Waals surface area (Å²) >= 11 is 1.59. The van der Waals surface area contributed by atoms with Crippen LogP contribution >= 0.6 is 11.9 Å². The number of aromatic hydroxyl groups is 1. The smallest absolute Gasteiger partial charge is 0.244 e. The molecule has 0 radical (unpaired) electrons. The van der Waals surface area contributed by atoms with Gasteiger partial charge in [0.15, 0.2) is 0 Å². The Hall–Kier alpha value is -2.88. The van der Waals surface area contributed by atoms with Crippen LogP contribution in [0.25, 0.3) is 10.9 Å². The summed E-state index contributed by atoms with van der Waals surface area (Å²) in [6.07, 6.45) is -0.171. The van der Waals surface area contributed by atoms with Gasteiger partial charge in [0.1, 0.15) is 23.4 Å². The number of benzene rings is 2. The molecule has 1 fully saturated rings. The van der Waals surface area contributed by atoms with Gasteiger partial charge >= 0.3 is 0 Å². The third kappa shape index (κ3) is 4.75. The number of fused-ring (bicyclic) bond motifs is 5. The van der Waals surface area contributed by atoms with E-state index in [4.69, 9.17) is 9.97 Å². The van der Waals surface area contributed by atoms with E-state index in [1.165, 1.54) is 0 Å². The molecule has 3 aromatic rings. The highest BCUT2D eigenvalue weighted by Crippen LogP contribution is 2.29. The van der Waals surface area contributed by atoms with Gasteiger partial charge in [0, 0.05) is 29.9 Å². The van der Waals surface area contributed by atoms with Crippen LogP contribution < -0.4 is 10.6 Å². The van der Waals surface area contributed by atoms with Crippen molar-refractivity contribution in [1.29, 1.82) is 0 Å². The molecule has 5 rings (SSSR count). The van der Waals surface area contributed by atoms with Crippen LogP contribution in [0.15, 0.2) is 53.4 Å². The van der Waals surface area contributed by atoms with E-state index >= 15 is 0 Å². The summed E-state index contributed by atoms with van der Waals surface area (Å²) in [5.41, 5.74) is 0.878. The van der Waals surface area contributed by atoms with Crippen LogP contribution in [-0.2, 0) is 11.3 Å². The maximum Gasteiger partial charge on any atom is 0.244 e. The molecular formula is C24H28N6O2S. The zero-order valence-electron chi connectivity index (χ0n) is 18.7. The lowest BCUT2D eigenvalue weighted by Gasteiger charge is -2.42. The molecule has 1 unspecified atom stereocenters. The molecule has 172 valence electrons. The van der Waals surface area contributed by atoms with Gasteiger partial charge < -0.3 is 15.7 Å². The van der Waals surface area contributed by atoms with Crippen molar-refractivity contribution in [1.82, 2.24) is 24.5 Å². The van der Waals surface area contributed by atoms with Crippen molar-refractivity contribution in [2.24, 2.45) is 5.92 Å². The molecule has 9 heteroatoms. The summed E-state index contributed by atoms with van der Waals surface area (Å²) in [6.45, 7) is 6.87. The first-order chi connectivity index (χ1) is 16.0. The van der Waals surface area contributed by atoms with E-state index in [1.54, 1.807) is 24.1 Å². The summed E-state index contributed by atoms with van der Waals surface area (Å²) in [6, 6.07) is 14.7. The van der Waals surface area contributed by atoms with Crippen LogP contribution in [0, 0.1) is 5.92 Å². The standard InChI is InChI=1S/C24H28N6O2S/c1-15(2)22-24(32)27-21-14-30(33-17-7-5-6-16(31)12-17)11-10-29(21)13-20-25-19-9-4-3-8-18(19)23(26-20)28-22/h3-9,12,15,21-22,31H,10-11,13-14H2,1-2H3,(H,27,32)(H,25,26,28)/t21?,22-/m0/s1. The molecule has 2 bridgehead atoms. The maximum atomic E-state index is 13.4. The van der Waals surface area contributed by atoms with Gasteiger partial charge in [0.25, 0.3) is 0 Å². The van der Waals surface area contributed by atoms with Crippen molar-refractivity contribution in [3.8, 4) is 5.75 Å².